The SMILES string of the molecule is CCc1cc(C(=O)N(C)CC2CCN(C(=O)c3cc(F)cnc3Cl)CC2)cc(Cl)n1. The van der Waals surface area contributed by atoms with Crippen molar-refractivity contribution < 1.29 is 14.0 Å². The van der Waals surface area contributed by atoms with Gasteiger partial charge in [-0.25, -0.2) is 14.4 Å². The molecule has 1 aliphatic heterocycles. The van der Waals surface area contributed by atoms with Crippen molar-refractivity contribution in [3.8, 4) is 0 Å². The molecule has 0 spiro atoms. The highest BCUT2D eigenvalue weighted by Gasteiger charge is 2.27. The Morgan fingerprint density at radius 3 is 2.60 bits per heavy atom. The van der Waals surface area contributed by atoms with Crippen LogP contribution >= 0.6 is 23.2 Å². The normalized spacial score (nSPS) is 14.6. The number of hydrogen-bond donors (Lipinski definition) is 0. The van der Waals surface area contributed by atoms with Crippen molar-refractivity contribution in [3.63, 3.8) is 0 Å². The van der Waals surface area contributed by atoms with Gasteiger partial charge in [0, 0.05) is 37.9 Å². The molecular weight excluding hydrogens is 430 g/mol. The predicted molar refractivity (Wildman–Crippen MR) is 113 cm³/mol. The molecule has 0 bridgehead atoms. The summed E-state index contributed by atoms with van der Waals surface area (Å²) >= 11 is 12.0. The smallest absolute Gasteiger partial charge is 0.257 e. The first-order valence-corrected chi connectivity index (χ1v) is 10.6. The molecule has 0 aromatic carbocycles. The molecule has 3 rings (SSSR count). The van der Waals surface area contributed by atoms with Gasteiger partial charge in [-0.3, -0.25) is 9.59 Å². The first-order chi connectivity index (χ1) is 14.3. The van der Waals surface area contributed by atoms with Gasteiger partial charge >= 0.3 is 0 Å². The molecular formula is C21H23Cl2FN4O2. The predicted octanol–water partition coefficient (Wildman–Crippen LogP) is 4.11. The zero-order chi connectivity index (χ0) is 21.8. The van der Waals surface area contributed by atoms with Gasteiger partial charge in [-0.2, -0.15) is 0 Å². The summed E-state index contributed by atoms with van der Waals surface area (Å²) in [5, 5.41) is 0.305. The van der Waals surface area contributed by atoms with Gasteiger partial charge in [0.1, 0.15) is 16.1 Å². The Balaban J connectivity index is 1.57. The number of likely N-dealkylation sites (tertiary alicyclic amines) is 1. The summed E-state index contributed by atoms with van der Waals surface area (Å²) in [7, 11) is 1.76. The number of carbonyl (C=O) groups excluding carboxylic acids is 2. The monoisotopic (exact) mass is 452 g/mol. The number of carbonyl (C=O) groups is 2. The number of nitrogens with zero attached hydrogens (tertiary/aromatic N) is 4. The standard InChI is InChI=1S/C21H23Cl2FN4O2/c1-3-16-8-14(9-18(22)26-16)20(29)27(2)12-13-4-6-28(7-5-13)21(30)17-10-15(24)11-25-19(17)23/h8-11,13H,3-7,12H2,1-2H3. The highest BCUT2D eigenvalue weighted by molar-refractivity contribution is 6.32. The zero-order valence-corrected chi connectivity index (χ0v) is 18.4. The summed E-state index contributed by atoms with van der Waals surface area (Å²) in [5.74, 6) is -0.772. The molecule has 160 valence electrons. The lowest BCUT2D eigenvalue weighted by molar-refractivity contribution is 0.0633. The van der Waals surface area contributed by atoms with Gasteiger partial charge in [0.05, 0.1) is 11.8 Å². The molecule has 0 N–H and O–H groups in total. The fraction of sp³-hybridized carbons (Fsp3) is 0.429. The molecule has 0 radical (unpaired) electrons. The number of pyridine rings is 2. The molecule has 2 aromatic rings. The van der Waals surface area contributed by atoms with Crippen LogP contribution in [0.25, 0.3) is 0 Å². The minimum atomic E-state index is -0.597. The van der Waals surface area contributed by atoms with Gasteiger partial charge in [0.15, 0.2) is 0 Å². The van der Waals surface area contributed by atoms with Gasteiger partial charge in [-0.1, -0.05) is 30.1 Å². The number of aryl methyl sites for hydroxylation is 1. The van der Waals surface area contributed by atoms with Crippen LogP contribution in [0.1, 0.15) is 46.2 Å². The number of amides is 2. The van der Waals surface area contributed by atoms with Crippen molar-refractivity contribution in [2.45, 2.75) is 26.2 Å². The Morgan fingerprint density at radius 2 is 1.93 bits per heavy atom. The Hall–Kier alpha value is -2.25. The second-order valence-electron chi connectivity index (χ2n) is 7.44. The summed E-state index contributed by atoms with van der Waals surface area (Å²) in [5.41, 5.74) is 1.37. The van der Waals surface area contributed by atoms with Crippen molar-refractivity contribution >= 4 is 35.0 Å². The molecule has 0 aliphatic carbocycles. The maximum absolute atomic E-state index is 13.4. The molecule has 30 heavy (non-hydrogen) atoms. The van der Waals surface area contributed by atoms with Crippen LogP contribution in [0.5, 0.6) is 0 Å². The van der Waals surface area contributed by atoms with Crippen LogP contribution in [0.4, 0.5) is 4.39 Å². The van der Waals surface area contributed by atoms with E-state index in [0.29, 0.717) is 36.8 Å². The van der Waals surface area contributed by atoms with Crippen LogP contribution in [0.3, 0.4) is 0 Å². The third-order valence-corrected chi connectivity index (χ3v) is 5.77. The van der Waals surface area contributed by atoms with Gasteiger partial charge in [-0.15, -0.1) is 0 Å². The molecule has 2 amide bonds. The molecule has 0 saturated carbocycles. The fourth-order valence-corrected chi connectivity index (χ4v) is 4.02. The molecule has 9 heteroatoms. The van der Waals surface area contributed by atoms with E-state index in [1.54, 1.807) is 29.0 Å². The number of hydrogen-bond acceptors (Lipinski definition) is 4. The van der Waals surface area contributed by atoms with Crippen LogP contribution in [0.2, 0.25) is 10.3 Å². The largest absolute Gasteiger partial charge is 0.341 e. The Kier molecular flexibility index (Phi) is 7.26. The fourth-order valence-electron chi connectivity index (χ4n) is 3.61. The molecule has 3 heterocycles. The van der Waals surface area contributed by atoms with E-state index in [2.05, 4.69) is 9.97 Å². The van der Waals surface area contributed by atoms with Crippen LogP contribution < -0.4 is 0 Å². The first-order valence-electron chi connectivity index (χ1n) is 9.80. The summed E-state index contributed by atoms with van der Waals surface area (Å²) in [6.07, 6.45) is 3.15. The van der Waals surface area contributed by atoms with E-state index in [1.165, 1.54) is 0 Å². The quantitative estimate of drug-likeness (QED) is 0.640. The van der Waals surface area contributed by atoms with Crippen LogP contribution in [0.15, 0.2) is 24.4 Å². The highest BCUT2D eigenvalue weighted by Crippen LogP contribution is 2.23. The van der Waals surface area contributed by atoms with E-state index < -0.39 is 5.82 Å². The molecule has 1 saturated heterocycles. The van der Waals surface area contributed by atoms with Crippen molar-refractivity contribution in [1.82, 2.24) is 19.8 Å². The van der Waals surface area contributed by atoms with Crippen LogP contribution in [0, 0.1) is 11.7 Å². The first kappa shape index (κ1) is 22.4. The average Bonchev–Trinajstić information content (AvgIpc) is 2.74. The van der Waals surface area contributed by atoms with Gasteiger partial charge < -0.3 is 9.80 Å². The lowest BCUT2D eigenvalue weighted by atomic mass is 9.95. The number of halogens is 3. The van der Waals surface area contributed by atoms with E-state index >= 15 is 0 Å². The van der Waals surface area contributed by atoms with Crippen molar-refractivity contribution in [2.24, 2.45) is 5.92 Å². The van der Waals surface area contributed by atoms with Gasteiger partial charge in [0.2, 0.25) is 0 Å². The molecule has 2 aromatic heterocycles. The number of aromatic nitrogens is 2. The molecule has 1 fully saturated rings. The molecule has 0 unspecified atom stereocenters. The maximum Gasteiger partial charge on any atom is 0.257 e. The minimum Gasteiger partial charge on any atom is -0.341 e. The van der Waals surface area contributed by atoms with Gasteiger partial charge in [-0.05, 0) is 43.4 Å². The van der Waals surface area contributed by atoms with E-state index in [4.69, 9.17) is 23.2 Å². The maximum atomic E-state index is 13.4. The Morgan fingerprint density at radius 1 is 1.23 bits per heavy atom. The van der Waals surface area contributed by atoms with Crippen LogP contribution in [-0.2, 0) is 6.42 Å². The molecule has 6 nitrogen and oxygen atoms in total. The second-order valence-corrected chi connectivity index (χ2v) is 8.18. The summed E-state index contributed by atoms with van der Waals surface area (Å²) in [4.78, 5) is 36.6. The van der Waals surface area contributed by atoms with E-state index in [0.717, 1.165) is 30.8 Å². The summed E-state index contributed by atoms with van der Waals surface area (Å²) < 4.78 is 13.4. The van der Waals surface area contributed by atoms with Crippen LogP contribution in [-0.4, -0.2) is 58.3 Å². The minimum absolute atomic E-state index is 0.00341. The van der Waals surface area contributed by atoms with E-state index in [-0.39, 0.29) is 28.4 Å². The topological polar surface area (TPSA) is 66.4 Å². The third kappa shape index (κ3) is 5.26. The Labute approximate surface area is 185 Å². The number of piperidine rings is 1. The third-order valence-electron chi connectivity index (χ3n) is 5.27. The van der Waals surface area contributed by atoms with Crippen molar-refractivity contribution in [3.05, 3.63) is 57.3 Å². The lowest BCUT2D eigenvalue weighted by Crippen LogP contribution is -2.42. The zero-order valence-electron chi connectivity index (χ0n) is 16.9. The van der Waals surface area contributed by atoms with E-state index in [1.807, 2.05) is 6.92 Å². The average molecular weight is 453 g/mol. The summed E-state index contributed by atoms with van der Waals surface area (Å²) in [6, 6.07) is 4.46. The molecule has 1 aliphatic rings. The van der Waals surface area contributed by atoms with Crippen molar-refractivity contribution in [1.29, 1.82) is 0 Å². The van der Waals surface area contributed by atoms with Crippen molar-refractivity contribution in [2.75, 3.05) is 26.7 Å². The molecule has 0 atom stereocenters. The Bertz CT molecular complexity index is 949. The highest BCUT2D eigenvalue weighted by atomic mass is 35.5. The summed E-state index contributed by atoms with van der Waals surface area (Å²) in [6.45, 7) is 3.56. The van der Waals surface area contributed by atoms with Gasteiger partial charge in [0.25, 0.3) is 11.8 Å². The van der Waals surface area contributed by atoms with E-state index in [9.17, 15) is 14.0 Å². The number of rotatable bonds is 5. The second kappa shape index (κ2) is 9.71. The lowest BCUT2D eigenvalue weighted by Gasteiger charge is -2.34.